The van der Waals surface area contributed by atoms with E-state index in [2.05, 4.69) is 15.0 Å². The highest BCUT2D eigenvalue weighted by molar-refractivity contribution is 5.57. The Bertz CT molecular complexity index is 705. The third-order valence-corrected chi connectivity index (χ3v) is 3.10. The molecule has 0 unspecified atom stereocenters. The zero-order valence-electron chi connectivity index (χ0n) is 11.4. The van der Waals surface area contributed by atoms with Gasteiger partial charge in [-0.1, -0.05) is 18.2 Å². The van der Waals surface area contributed by atoms with Gasteiger partial charge in [0.05, 0.1) is 0 Å². The quantitative estimate of drug-likeness (QED) is 0.730. The Labute approximate surface area is 117 Å². The van der Waals surface area contributed by atoms with Crippen molar-refractivity contribution in [2.24, 2.45) is 0 Å². The highest BCUT2D eigenvalue weighted by Crippen LogP contribution is 2.23. The van der Waals surface area contributed by atoms with Crippen molar-refractivity contribution >= 4 is 11.6 Å². The zero-order chi connectivity index (χ0) is 13.9. The lowest BCUT2D eigenvalue weighted by atomic mass is 10.3. The minimum absolute atomic E-state index is 0.813. The summed E-state index contributed by atoms with van der Waals surface area (Å²) in [7, 11) is 1.99. The third kappa shape index (κ3) is 2.25. The number of aromatic nitrogens is 4. The van der Waals surface area contributed by atoms with Gasteiger partial charge in [-0.3, -0.25) is 4.57 Å². The van der Waals surface area contributed by atoms with Crippen molar-refractivity contribution in [2.45, 2.75) is 6.92 Å². The Kier molecular flexibility index (Phi) is 3.16. The van der Waals surface area contributed by atoms with E-state index in [0.29, 0.717) is 0 Å². The molecule has 0 fully saturated rings. The summed E-state index contributed by atoms with van der Waals surface area (Å²) >= 11 is 0. The zero-order valence-corrected chi connectivity index (χ0v) is 11.4. The molecule has 0 spiro atoms. The summed E-state index contributed by atoms with van der Waals surface area (Å²) in [5, 5.41) is 0. The van der Waals surface area contributed by atoms with Gasteiger partial charge in [-0.25, -0.2) is 15.0 Å². The topological polar surface area (TPSA) is 46.8 Å². The monoisotopic (exact) mass is 265 g/mol. The first-order chi connectivity index (χ1) is 9.75. The van der Waals surface area contributed by atoms with Crippen LogP contribution in [0.5, 0.6) is 0 Å². The van der Waals surface area contributed by atoms with E-state index in [0.717, 1.165) is 23.1 Å². The summed E-state index contributed by atoms with van der Waals surface area (Å²) in [6.45, 7) is 1.95. The SMILES string of the molecule is Cc1cc(-n2ccnc2N(C)c2ccccc2)ncn1. The molecule has 0 amide bonds. The van der Waals surface area contributed by atoms with Crippen molar-refractivity contribution in [1.82, 2.24) is 19.5 Å². The van der Waals surface area contributed by atoms with Crippen LogP contribution in [0.2, 0.25) is 0 Å². The summed E-state index contributed by atoms with van der Waals surface area (Å²) in [5.74, 6) is 1.63. The maximum Gasteiger partial charge on any atom is 0.215 e. The Morgan fingerprint density at radius 3 is 2.60 bits per heavy atom. The first kappa shape index (κ1) is 12.3. The molecular formula is C15H15N5. The lowest BCUT2D eigenvalue weighted by Crippen LogP contribution is -2.15. The van der Waals surface area contributed by atoms with Crippen LogP contribution in [0.15, 0.2) is 55.1 Å². The van der Waals surface area contributed by atoms with Gasteiger partial charge < -0.3 is 4.90 Å². The van der Waals surface area contributed by atoms with E-state index in [4.69, 9.17) is 0 Å². The molecule has 0 aliphatic rings. The number of nitrogens with zero attached hydrogens (tertiary/aromatic N) is 5. The molecule has 20 heavy (non-hydrogen) atoms. The lowest BCUT2D eigenvalue weighted by molar-refractivity contribution is 0.927. The molecule has 0 saturated carbocycles. The molecular weight excluding hydrogens is 250 g/mol. The van der Waals surface area contributed by atoms with Gasteiger partial charge in [0, 0.05) is 36.9 Å². The molecule has 3 rings (SSSR count). The summed E-state index contributed by atoms with van der Waals surface area (Å²) in [4.78, 5) is 14.9. The predicted molar refractivity (Wildman–Crippen MR) is 78.4 cm³/mol. The maximum absolute atomic E-state index is 4.43. The van der Waals surface area contributed by atoms with Gasteiger partial charge in [0.1, 0.15) is 12.1 Å². The number of imidazole rings is 1. The highest BCUT2D eigenvalue weighted by Gasteiger charge is 2.12. The van der Waals surface area contributed by atoms with Gasteiger partial charge in [-0.2, -0.15) is 0 Å². The number of para-hydroxylation sites is 1. The average molecular weight is 265 g/mol. The van der Waals surface area contributed by atoms with E-state index in [1.807, 2.05) is 66.0 Å². The van der Waals surface area contributed by atoms with Crippen molar-refractivity contribution < 1.29 is 0 Å². The summed E-state index contributed by atoms with van der Waals surface area (Å²) in [6, 6.07) is 12.0. The highest BCUT2D eigenvalue weighted by atomic mass is 15.3. The number of aryl methyl sites for hydroxylation is 1. The van der Waals surface area contributed by atoms with Gasteiger partial charge in [-0.05, 0) is 19.1 Å². The second kappa shape index (κ2) is 5.13. The molecule has 0 saturated heterocycles. The van der Waals surface area contributed by atoms with E-state index in [1.165, 1.54) is 0 Å². The number of anilines is 2. The predicted octanol–water partition coefficient (Wildman–Crippen LogP) is 2.74. The molecule has 2 aromatic heterocycles. The van der Waals surface area contributed by atoms with Gasteiger partial charge >= 0.3 is 0 Å². The van der Waals surface area contributed by atoms with Crippen LogP contribution in [0, 0.1) is 6.92 Å². The molecule has 2 heterocycles. The molecule has 0 atom stereocenters. The first-order valence-electron chi connectivity index (χ1n) is 6.37. The second-order valence-corrected chi connectivity index (χ2v) is 4.51. The fourth-order valence-corrected chi connectivity index (χ4v) is 2.06. The standard InChI is InChI=1S/C15H15N5/c1-12-10-14(18-11-17-12)20-9-8-16-15(20)19(2)13-6-4-3-5-7-13/h3-11H,1-2H3. The Balaban J connectivity index is 2.03. The smallest absolute Gasteiger partial charge is 0.215 e. The van der Waals surface area contributed by atoms with Gasteiger partial charge in [0.2, 0.25) is 5.95 Å². The van der Waals surface area contributed by atoms with Crippen molar-refractivity contribution in [2.75, 3.05) is 11.9 Å². The van der Waals surface area contributed by atoms with Crippen LogP contribution in [0.4, 0.5) is 11.6 Å². The van der Waals surface area contributed by atoms with Gasteiger partial charge in [-0.15, -0.1) is 0 Å². The van der Waals surface area contributed by atoms with E-state index in [9.17, 15) is 0 Å². The normalized spacial score (nSPS) is 10.5. The Morgan fingerprint density at radius 1 is 1.05 bits per heavy atom. The number of hydrogen-bond acceptors (Lipinski definition) is 4. The minimum Gasteiger partial charge on any atom is -0.315 e. The van der Waals surface area contributed by atoms with Crippen LogP contribution in [-0.2, 0) is 0 Å². The number of benzene rings is 1. The average Bonchev–Trinajstić information content (AvgIpc) is 2.97. The molecule has 0 aliphatic heterocycles. The Morgan fingerprint density at radius 2 is 1.85 bits per heavy atom. The van der Waals surface area contributed by atoms with Crippen molar-refractivity contribution in [3.63, 3.8) is 0 Å². The van der Waals surface area contributed by atoms with E-state index in [1.54, 1.807) is 12.5 Å². The fraction of sp³-hybridized carbons (Fsp3) is 0.133. The molecule has 3 aromatic rings. The summed E-state index contributed by atoms with van der Waals surface area (Å²) in [5.41, 5.74) is 2.00. The van der Waals surface area contributed by atoms with Crippen LogP contribution < -0.4 is 4.90 Å². The van der Waals surface area contributed by atoms with E-state index in [-0.39, 0.29) is 0 Å². The summed E-state index contributed by atoms with van der Waals surface area (Å²) < 4.78 is 1.95. The largest absolute Gasteiger partial charge is 0.315 e. The first-order valence-corrected chi connectivity index (χ1v) is 6.37. The second-order valence-electron chi connectivity index (χ2n) is 4.51. The maximum atomic E-state index is 4.43. The van der Waals surface area contributed by atoms with Crippen LogP contribution >= 0.6 is 0 Å². The fourth-order valence-electron chi connectivity index (χ4n) is 2.06. The molecule has 5 nitrogen and oxygen atoms in total. The number of hydrogen-bond donors (Lipinski definition) is 0. The third-order valence-electron chi connectivity index (χ3n) is 3.10. The van der Waals surface area contributed by atoms with Gasteiger partial charge in [0.15, 0.2) is 0 Å². The molecule has 5 heteroatoms. The molecule has 0 bridgehead atoms. The minimum atomic E-state index is 0.813. The molecule has 0 radical (unpaired) electrons. The summed E-state index contributed by atoms with van der Waals surface area (Å²) in [6.07, 6.45) is 5.24. The van der Waals surface area contributed by atoms with Crippen molar-refractivity contribution in [3.8, 4) is 5.82 Å². The number of rotatable bonds is 3. The molecule has 100 valence electrons. The van der Waals surface area contributed by atoms with Gasteiger partial charge in [0.25, 0.3) is 0 Å². The van der Waals surface area contributed by atoms with Crippen molar-refractivity contribution in [3.05, 3.63) is 60.8 Å². The van der Waals surface area contributed by atoms with E-state index < -0.39 is 0 Å². The van der Waals surface area contributed by atoms with Crippen LogP contribution in [-0.4, -0.2) is 26.6 Å². The molecule has 1 aromatic carbocycles. The van der Waals surface area contributed by atoms with E-state index >= 15 is 0 Å². The molecule has 0 N–H and O–H groups in total. The lowest BCUT2D eigenvalue weighted by Gasteiger charge is -2.19. The van der Waals surface area contributed by atoms with Crippen molar-refractivity contribution in [1.29, 1.82) is 0 Å². The van der Waals surface area contributed by atoms with Crippen LogP contribution in [0.1, 0.15) is 5.69 Å². The molecule has 0 aliphatic carbocycles. The Hall–Kier alpha value is -2.69. The van der Waals surface area contributed by atoms with Crippen LogP contribution in [0.25, 0.3) is 5.82 Å². The van der Waals surface area contributed by atoms with Crippen LogP contribution in [0.3, 0.4) is 0 Å².